The van der Waals surface area contributed by atoms with E-state index in [1.54, 1.807) is 48.5 Å². The van der Waals surface area contributed by atoms with Crippen LogP contribution in [0.4, 0.5) is 5.69 Å². The zero-order chi connectivity index (χ0) is 24.9. The number of anilines is 1. The molecule has 3 amide bonds. The van der Waals surface area contributed by atoms with Gasteiger partial charge in [-0.25, -0.2) is 5.01 Å². The number of para-hydroxylation sites is 1. The predicted molar refractivity (Wildman–Crippen MR) is 142 cm³/mol. The Morgan fingerprint density at radius 1 is 0.971 bits per heavy atom. The second-order valence-corrected chi connectivity index (χ2v) is 9.45. The molecule has 0 aromatic heterocycles. The molecule has 35 heavy (non-hydrogen) atoms. The number of rotatable bonds is 7. The zero-order valence-corrected chi connectivity index (χ0v) is 21.4. The van der Waals surface area contributed by atoms with Crippen LogP contribution < -0.4 is 10.7 Å². The van der Waals surface area contributed by atoms with Crippen molar-refractivity contribution < 1.29 is 14.4 Å². The smallest absolute Gasteiger partial charge is 0.269 e. The quantitative estimate of drug-likeness (QED) is 0.399. The van der Waals surface area contributed by atoms with Gasteiger partial charge < -0.3 is 5.32 Å². The van der Waals surface area contributed by atoms with Crippen LogP contribution in [-0.2, 0) is 16.1 Å². The Kier molecular flexibility index (Phi) is 7.80. The molecule has 1 aliphatic heterocycles. The van der Waals surface area contributed by atoms with Gasteiger partial charge in [-0.1, -0.05) is 70.0 Å². The molecule has 1 atom stereocenters. The van der Waals surface area contributed by atoms with Crippen LogP contribution in [0.2, 0.25) is 5.02 Å². The molecule has 3 aromatic carbocycles. The second-order valence-electron chi connectivity index (χ2n) is 7.76. The molecule has 4 rings (SSSR count). The summed E-state index contributed by atoms with van der Waals surface area (Å²) in [5.41, 5.74) is 4.38. The summed E-state index contributed by atoms with van der Waals surface area (Å²) in [4.78, 5) is 40.5. The van der Waals surface area contributed by atoms with Crippen LogP contribution >= 0.6 is 39.7 Å². The average Bonchev–Trinajstić information content (AvgIpc) is 3.05. The second kappa shape index (κ2) is 11.0. The summed E-state index contributed by atoms with van der Waals surface area (Å²) < 4.78 is 0.823. The van der Waals surface area contributed by atoms with Crippen molar-refractivity contribution in [2.24, 2.45) is 0 Å². The van der Waals surface area contributed by atoms with E-state index in [2.05, 4.69) is 26.7 Å². The molecule has 1 fully saturated rings. The van der Waals surface area contributed by atoms with Crippen LogP contribution in [0.1, 0.15) is 22.3 Å². The number of hydrogen-bond donors (Lipinski definition) is 2. The third kappa shape index (κ3) is 5.87. The van der Waals surface area contributed by atoms with Crippen molar-refractivity contribution in [2.75, 3.05) is 5.32 Å². The topological polar surface area (TPSA) is 81.8 Å². The largest absolute Gasteiger partial charge is 0.325 e. The Labute approximate surface area is 221 Å². The molecule has 178 valence electrons. The number of amides is 3. The molecule has 0 spiro atoms. The summed E-state index contributed by atoms with van der Waals surface area (Å²) in [6, 6.07) is 21.9. The van der Waals surface area contributed by atoms with Gasteiger partial charge in [0.1, 0.15) is 6.04 Å². The normalized spacial score (nSPS) is 15.3. The third-order valence-corrected chi connectivity index (χ3v) is 6.61. The molecular weight excluding hydrogens is 552 g/mol. The van der Waals surface area contributed by atoms with Crippen LogP contribution in [0.25, 0.3) is 0 Å². The van der Waals surface area contributed by atoms with Crippen LogP contribution in [0, 0.1) is 0 Å². The van der Waals surface area contributed by atoms with Gasteiger partial charge in [0.05, 0.1) is 23.7 Å². The van der Waals surface area contributed by atoms with Gasteiger partial charge in [0.25, 0.3) is 11.8 Å². The predicted octanol–water partition coefficient (Wildman–Crippen LogP) is 4.77. The number of carbonyl (C=O) groups is 3. The first kappa shape index (κ1) is 24.8. The van der Waals surface area contributed by atoms with Crippen LogP contribution in [0.15, 0.2) is 83.3 Å². The van der Waals surface area contributed by atoms with Gasteiger partial charge in [-0.2, -0.15) is 0 Å². The fourth-order valence-corrected chi connectivity index (χ4v) is 4.35. The molecule has 1 aliphatic rings. The number of hydrazine groups is 1. The molecule has 0 bridgehead atoms. The fraction of sp³-hybridized carbons (Fsp3) is 0.120. The number of halogens is 2. The number of thiocarbonyl (C=S) groups is 1. The molecule has 0 saturated carbocycles. The molecular formula is C25H20BrClN4O3S. The highest BCUT2D eigenvalue weighted by Crippen LogP contribution is 2.24. The average molecular weight is 572 g/mol. The summed E-state index contributed by atoms with van der Waals surface area (Å²) in [6.45, 7) is 0.214. The van der Waals surface area contributed by atoms with Crippen molar-refractivity contribution >= 4 is 68.3 Å². The maximum atomic E-state index is 13.4. The van der Waals surface area contributed by atoms with E-state index in [4.69, 9.17) is 23.8 Å². The first-order valence-corrected chi connectivity index (χ1v) is 12.2. The highest BCUT2D eigenvalue weighted by molar-refractivity contribution is 9.10. The minimum atomic E-state index is -1.02. The maximum absolute atomic E-state index is 13.4. The lowest BCUT2D eigenvalue weighted by Gasteiger charge is -2.24. The number of benzene rings is 3. The summed E-state index contributed by atoms with van der Waals surface area (Å²) >= 11 is 15.0. The van der Waals surface area contributed by atoms with Gasteiger partial charge in [-0.3, -0.25) is 24.7 Å². The van der Waals surface area contributed by atoms with E-state index >= 15 is 0 Å². The van der Waals surface area contributed by atoms with Crippen molar-refractivity contribution in [1.82, 2.24) is 15.3 Å². The minimum Gasteiger partial charge on any atom is -0.325 e. The van der Waals surface area contributed by atoms with Gasteiger partial charge in [-0.15, -0.1) is 0 Å². The van der Waals surface area contributed by atoms with E-state index in [0.29, 0.717) is 16.3 Å². The molecule has 2 N–H and O–H groups in total. The van der Waals surface area contributed by atoms with E-state index in [-0.39, 0.29) is 24.0 Å². The van der Waals surface area contributed by atoms with Crippen molar-refractivity contribution in [1.29, 1.82) is 0 Å². The molecule has 10 heteroatoms. The van der Waals surface area contributed by atoms with E-state index in [1.165, 1.54) is 9.91 Å². The first-order valence-electron chi connectivity index (χ1n) is 10.6. The van der Waals surface area contributed by atoms with Gasteiger partial charge in [0.15, 0.2) is 5.11 Å². The Morgan fingerprint density at radius 3 is 2.31 bits per heavy atom. The Bertz CT molecular complexity index is 1270. The van der Waals surface area contributed by atoms with Gasteiger partial charge in [0.2, 0.25) is 5.91 Å². The van der Waals surface area contributed by atoms with Crippen LogP contribution in [0.5, 0.6) is 0 Å². The summed E-state index contributed by atoms with van der Waals surface area (Å²) in [6.07, 6.45) is -0.240. The standard InChI is InChI=1S/C25H20BrClN4O3S/c26-18-12-10-17(11-13-18)23(33)29-31-21(14-22(32)28-20-9-5-4-8-19(20)27)24(34)30(25(31)35)15-16-6-2-1-3-7-16/h1-13,21H,14-15H2,(H,28,32)(H,29,33). The molecule has 0 radical (unpaired) electrons. The lowest BCUT2D eigenvalue weighted by Crippen LogP contribution is -2.49. The lowest BCUT2D eigenvalue weighted by atomic mass is 10.1. The van der Waals surface area contributed by atoms with Crippen molar-refractivity contribution in [3.8, 4) is 0 Å². The number of hydrogen-bond acceptors (Lipinski definition) is 4. The summed E-state index contributed by atoms with van der Waals surface area (Å²) in [5, 5.41) is 4.49. The van der Waals surface area contributed by atoms with Crippen molar-refractivity contribution in [2.45, 2.75) is 19.0 Å². The van der Waals surface area contributed by atoms with Crippen LogP contribution in [0.3, 0.4) is 0 Å². The molecule has 0 aliphatic carbocycles. The highest BCUT2D eigenvalue weighted by atomic mass is 79.9. The van der Waals surface area contributed by atoms with E-state index in [1.807, 2.05) is 30.3 Å². The molecule has 1 heterocycles. The number of carbonyl (C=O) groups excluding carboxylic acids is 3. The monoisotopic (exact) mass is 570 g/mol. The van der Waals surface area contributed by atoms with E-state index < -0.39 is 17.9 Å². The molecule has 7 nitrogen and oxygen atoms in total. The molecule has 3 aromatic rings. The van der Waals surface area contributed by atoms with Gasteiger partial charge in [0, 0.05) is 10.0 Å². The zero-order valence-electron chi connectivity index (χ0n) is 18.3. The van der Waals surface area contributed by atoms with Gasteiger partial charge in [-0.05, 0) is 54.2 Å². The Balaban J connectivity index is 1.56. The summed E-state index contributed by atoms with van der Waals surface area (Å²) in [7, 11) is 0. The Morgan fingerprint density at radius 2 is 1.63 bits per heavy atom. The summed E-state index contributed by atoms with van der Waals surface area (Å²) in [5.74, 6) is -1.28. The van der Waals surface area contributed by atoms with Crippen molar-refractivity contribution in [3.05, 3.63) is 99.5 Å². The SMILES string of the molecule is O=C(CC1C(=O)N(Cc2ccccc2)C(=S)N1NC(=O)c1ccc(Br)cc1)Nc1ccccc1Cl. The Hall–Kier alpha value is -3.27. The molecule has 1 unspecified atom stereocenters. The van der Waals surface area contributed by atoms with Gasteiger partial charge >= 0.3 is 0 Å². The lowest BCUT2D eigenvalue weighted by molar-refractivity contribution is -0.131. The molecule has 1 saturated heterocycles. The fourth-order valence-electron chi connectivity index (χ4n) is 3.58. The number of nitrogens with zero attached hydrogens (tertiary/aromatic N) is 2. The highest BCUT2D eigenvalue weighted by Gasteiger charge is 2.44. The van der Waals surface area contributed by atoms with Crippen LogP contribution in [-0.4, -0.2) is 38.8 Å². The third-order valence-electron chi connectivity index (χ3n) is 5.34. The first-order chi connectivity index (χ1) is 16.8. The van der Waals surface area contributed by atoms with E-state index in [0.717, 1.165) is 10.0 Å². The minimum absolute atomic E-state index is 0.111. The van der Waals surface area contributed by atoms with Crippen molar-refractivity contribution in [3.63, 3.8) is 0 Å². The number of nitrogens with one attached hydrogen (secondary N) is 2. The van der Waals surface area contributed by atoms with E-state index in [9.17, 15) is 14.4 Å². The maximum Gasteiger partial charge on any atom is 0.269 e.